The number of nitrogens with zero attached hydrogens (tertiary/aromatic N) is 1. The summed E-state index contributed by atoms with van der Waals surface area (Å²) in [6.45, 7) is 8.66. The molecule has 4 bridgehead atoms. The summed E-state index contributed by atoms with van der Waals surface area (Å²) in [5.74, 6) is -0.770. The van der Waals surface area contributed by atoms with Gasteiger partial charge in [0.1, 0.15) is 12.1 Å². The van der Waals surface area contributed by atoms with Gasteiger partial charge in [0.15, 0.2) is 0 Å². The number of fused-ring (bicyclic) bond motifs is 1. The number of urea groups is 1. The molecule has 1 saturated heterocycles. The molecule has 1 aromatic carbocycles. The molecular formula is C45H62N6O6. The zero-order valence-corrected chi connectivity index (χ0v) is 33.7. The van der Waals surface area contributed by atoms with Crippen LogP contribution < -0.4 is 26.6 Å². The number of nitrogens with one attached hydrogen (secondary N) is 5. The number of carbonyl (C=O) groups is 6. The number of benzene rings is 1. The number of Topliss-reactive ketones (excluding diaryl/α,β-unsaturated/α-hetero) is 1. The molecule has 12 nitrogen and oxygen atoms in total. The molecule has 1 aromatic rings. The summed E-state index contributed by atoms with van der Waals surface area (Å²) in [7, 11) is 0. The van der Waals surface area contributed by atoms with E-state index in [4.69, 9.17) is 0 Å². The van der Waals surface area contributed by atoms with Crippen LogP contribution >= 0.6 is 0 Å². The minimum Gasteiger partial charge on any atom is -0.348 e. The first-order valence-electron chi connectivity index (χ1n) is 21.5. The number of amides is 6. The summed E-state index contributed by atoms with van der Waals surface area (Å²) < 4.78 is 0. The maximum atomic E-state index is 14.8. The fraction of sp³-hybridized carbons (Fsp3) is 0.644. The molecule has 57 heavy (non-hydrogen) atoms. The lowest BCUT2D eigenvalue weighted by Crippen LogP contribution is -2.64. The largest absolute Gasteiger partial charge is 0.348 e. The molecule has 0 radical (unpaired) electrons. The predicted molar refractivity (Wildman–Crippen MR) is 216 cm³/mol. The van der Waals surface area contributed by atoms with Gasteiger partial charge in [0.2, 0.25) is 23.5 Å². The van der Waals surface area contributed by atoms with Gasteiger partial charge < -0.3 is 31.5 Å². The SMILES string of the molecule is C=CCCC(NC(=O)[C@@H]1[C@@H]2[C@H](CN1C(=O)[C@@H](NC(=O)NC13CC4CC(CC(C4)C1)C3)C1CCCCC1)C2(C)C)C(=O)C(=O)NCC=CC(=O)NCc1ccccc1. The Labute approximate surface area is 337 Å². The average Bonchev–Trinajstić information content (AvgIpc) is 3.48. The third kappa shape index (κ3) is 9.15. The lowest BCUT2D eigenvalue weighted by molar-refractivity contribution is -0.144. The average molecular weight is 783 g/mol. The highest BCUT2D eigenvalue weighted by Gasteiger charge is 2.70. The van der Waals surface area contributed by atoms with E-state index in [-0.39, 0.29) is 59.5 Å². The van der Waals surface area contributed by atoms with E-state index in [9.17, 15) is 28.8 Å². The molecule has 1 unspecified atom stereocenters. The number of likely N-dealkylation sites (tertiary alicyclic amines) is 1. The molecule has 0 spiro atoms. The molecule has 12 heteroatoms. The topological polar surface area (TPSA) is 166 Å². The van der Waals surface area contributed by atoms with Gasteiger partial charge in [-0.3, -0.25) is 24.0 Å². The van der Waals surface area contributed by atoms with Gasteiger partial charge in [0, 0.05) is 31.2 Å². The predicted octanol–water partition coefficient (Wildman–Crippen LogP) is 4.70. The molecule has 308 valence electrons. The Balaban J connectivity index is 0.996. The van der Waals surface area contributed by atoms with Crippen LogP contribution in [0.15, 0.2) is 55.1 Å². The van der Waals surface area contributed by atoms with E-state index in [2.05, 4.69) is 47.0 Å². The van der Waals surface area contributed by atoms with Crippen molar-refractivity contribution < 1.29 is 28.8 Å². The second-order valence-corrected chi connectivity index (χ2v) is 18.7. The number of rotatable bonds is 16. The molecule has 6 amide bonds. The molecule has 1 aliphatic heterocycles. The number of hydrogen-bond donors (Lipinski definition) is 5. The molecule has 6 saturated carbocycles. The van der Waals surface area contributed by atoms with Crippen LogP contribution in [0.1, 0.15) is 103 Å². The molecule has 8 rings (SSSR count). The highest BCUT2D eigenvalue weighted by molar-refractivity contribution is 6.38. The summed E-state index contributed by atoms with van der Waals surface area (Å²) in [5.41, 5.74) is 0.570. The fourth-order valence-electron chi connectivity index (χ4n) is 11.7. The fourth-order valence-corrected chi connectivity index (χ4v) is 11.7. The molecule has 7 aliphatic rings. The molecular weight excluding hydrogens is 721 g/mol. The van der Waals surface area contributed by atoms with Crippen molar-refractivity contribution in [2.24, 2.45) is 40.9 Å². The molecule has 6 aliphatic carbocycles. The first kappa shape index (κ1) is 40.7. The van der Waals surface area contributed by atoms with E-state index in [0.29, 0.717) is 37.3 Å². The van der Waals surface area contributed by atoms with E-state index in [1.165, 1.54) is 31.4 Å². The van der Waals surface area contributed by atoms with Crippen LogP contribution in [0.2, 0.25) is 0 Å². The number of carbonyl (C=O) groups excluding carboxylic acids is 6. The second-order valence-electron chi connectivity index (χ2n) is 18.7. The van der Waals surface area contributed by atoms with E-state index >= 15 is 0 Å². The van der Waals surface area contributed by atoms with Crippen molar-refractivity contribution in [1.82, 2.24) is 31.5 Å². The van der Waals surface area contributed by atoms with Crippen LogP contribution in [-0.2, 0) is 30.5 Å². The van der Waals surface area contributed by atoms with Gasteiger partial charge in [-0.15, -0.1) is 6.58 Å². The maximum Gasteiger partial charge on any atom is 0.315 e. The van der Waals surface area contributed by atoms with Gasteiger partial charge in [0.05, 0.1) is 6.04 Å². The summed E-state index contributed by atoms with van der Waals surface area (Å²) in [6, 6.07) is 6.46. The molecule has 0 aromatic heterocycles. The van der Waals surface area contributed by atoms with E-state index < -0.39 is 35.7 Å². The van der Waals surface area contributed by atoms with Crippen LogP contribution in [0.4, 0.5) is 4.79 Å². The Morgan fingerprint density at radius 1 is 0.895 bits per heavy atom. The van der Waals surface area contributed by atoms with Crippen LogP contribution in [0.5, 0.6) is 0 Å². The molecule has 1 heterocycles. The van der Waals surface area contributed by atoms with Crippen molar-refractivity contribution in [2.45, 2.75) is 128 Å². The van der Waals surface area contributed by atoms with Gasteiger partial charge in [0.25, 0.3) is 5.91 Å². The summed E-state index contributed by atoms with van der Waals surface area (Å²) in [5, 5.41) is 14.8. The Kier molecular flexibility index (Phi) is 12.3. The third-order valence-electron chi connectivity index (χ3n) is 14.3. The van der Waals surface area contributed by atoms with Gasteiger partial charge >= 0.3 is 6.03 Å². The molecule has 5 N–H and O–H groups in total. The Bertz CT molecular complexity index is 1700. The smallest absolute Gasteiger partial charge is 0.315 e. The van der Waals surface area contributed by atoms with Crippen molar-refractivity contribution in [3.05, 3.63) is 60.7 Å². The van der Waals surface area contributed by atoms with Gasteiger partial charge in [-0.1, -0.05) is 75.6 Å². The van der Waals surface area contributed by atoms with Crippen molar-refractivity contribution in [3.8, 4) is 0 Å². The van der Waals surface area contributed by atoms with Crippen molar-refractivity contribution >= 4 is 35.4 Å². The minimum atomic E-state index is -1.13. The normalized spacial score (nSPS) is 30.5. The van der Waals surface area contributed by atoms with E-state index in [1.807, 2.05) is 30.3 Å². The lowest BCUT2D eigenvalue weighted by Gasteiger charge is -2.56. The van der Waals surface area contributed by atoms with Gasteiger partial charge in [-0.25, -0.2) is 4.79 Å². The Hall–Kier alpha value is -4.48. The van der Waals surface area contributed by atoms with Crippen molar-refractivity contribution in [2.75, 3.05) is 13.1 Å². The Morgan fingerprint density at radius 2 is 1.56 bits per heavy atom. The zero-order valence-electron chi connectivity index (χ0n) is 33.7. The third-order valence-corrected chi connectivity index (χ3v) is 14.3. The maximum absolute atomic E-state index is 14.8. The van der Waals surface area contributed by atoms with Gasteiger partial charge in [-0.2, -0.15) is 0 Å². The van der Waals surface area contributed by atoms with Gasteiger partial charge in [-0.05, 0) is 111 Å². The second kappa shape index (κ2) is 17.2. The summed E-state index contributed by atoms with van der Waals surface area (Å²) in [6.07, 6.45) is 16.5. The van der Waals surface area contributed by atoms with E-state index in [0.717, 1.165) is 56.9 Å². The van der Waals surface area contributed by atoms with Crippen LogP contribution in [0, 0.1) is 40.9 Å². The molecule has 7 fully saturated rings. The first-order chi connectivity index (χ1) is 27.4. The highest BCUT2D eigenvalue weighted by atomic mass is 16.2. The number of allylic oxidation sites excluding steroid dienone is 1. The number of ketones is 1. The minimum absolute atomic E-state index is 0.0309. The number of piperidine rings is 1. The van der Waals surface area contributed by atoms with Crippen LogP contribution in [0.3, 0.4) is 0 Å². The lowest BCUT2D eigenvalue weighted by atomic mass is 9.53. The number of hydrogen-bond acceptors (Lipinski definition) is 6. The zero-order chi connectivity index (χ0) is 40.3. The summed E-state index contributed by atoms with van der Waals surface area (Å²) >= 11 is 0. The monoisotopic (exact) mass is 782 g/mol. The van der Waals surface area contributed by atoms with Crippen molar-refractivity contribution in [1.29, 1.82) is 0 Å². The molecule has 5 atom stereocenters. The van der Waals surface area contributed by atoms with Crippen LogP contribution in [0.25, 0.3) is 0 Å². The highest BCUT2D eigenvalue weighted by Crippen LogP contribution is 2.65. The van der Waals surface area contributed by atoms with Crippen molar-refractivity contribution in [3.63, 3.8) is 0 Å². The quantitative estimate of drug-likeness (QED) is 0.0928. The first-order valence-corrected chi connectivity index (χ1v) is 21.5. The van der Waals surface area contributed by atoms with E-state index in [1.54, 1.807) is 11.0 Å². The van der Waals surface area contributed by atoms with Crippen LogP contribution in [-0.4, -0.2) is 77.1 Å². The standard InChI is InChI=1S/C45H62N6O6/c1-4-5-17-34(39(53)41(55)46-19-12-18-35(52)47-26-28-13-8-6-9-14-28)48-40(54)38-36-33(44(36,2)3)27-51(38)42(56)37(32-15-10-7-11-16-32)49-43(57)50-45-23-29-20-30(24-45)22-31(21-29)25-45/h4,6,8-9,12-14,18,29-34,36-38H,1,5,7,10-11,15-17,19-27H2,2-3H3,(H,46,55)(H,47,52)(H,48,54)(H2,49,50,57)/t29?,30?,31?,33-,34?,36-,37-,38-,45?/m0/s1. The Morgan fingerprint density at radius 3 is 2.21 bits per heavy atom. The summed E-state index contributed by atoms with van der Waals surface area (Å²) in [4.78, 5) is 83.5.